The second kappa shape index (κ2) is 7.93. The minimum absolute atomic E-state index is 0.000248. The summed E-state index contributed by atoms with van der Waals surface area (Å²) in [5.41, 5.74) is -1.82. The van der Waals surface area contributed by atoms with Gasteiger partial charge in [0.1, 0.15) is 11.6 Å². The molecule has 1 fully saturated rings. The molecular formula is C21H23N3O7. The molecule has 2 N–H and O–H groups in total. The number of non-ortho nitro benzene ring substituents is 1. The van der Waals surface area contributed by atoms with E-state index < -0.39 is 39.3 Å². The van der Waals surface area contributed by atoms with Gasteiger partial charge in [0.2, 0.25) is 0 Å². The number of carboxylic acid groups (broad SMARTS) is 1. The molecule has 1 aliphatic carbocycles. The third-order valence-corrected chi connectivity index (χ3v) is 5.46. The summed E-state index contributed by atoms with van der Waals surface area (Å²) >= 11 is 0. The molecule has 164 valence electrons. The Morgan fingerprint density at radius 1 is 1.35 bits per heavy atom. The number of nitrogens with zero attached hydrogens (tertiary/aromatic N) is 3. The van der Waals surface area contributed by atoms with Crippen LogP contribution in [0.4, 0.5) is 5.69 Å². The molecule has 10 heteroatoms. The van der Waals surface area contributed by atoms with Crippen molar-refractivity contribution < 1.29 is 24.7 Å². The van der Waals surface area contributed by atoms with Crippen LogP contribution in [0.1, 0.15) is 45.2 Å². The number of carbonyl (C=O) groups is 2. The lowest BCUT2D eigenvalue weighted by molar-refractivity contribution is -0.384. The molecule has 0 spiro atoms. The van der Waals surface area contributed by atoms with Crippen LogP contribution in [0.15, 0.2) is 29.1 Å². The summed E-state index contributed by atoms with van der Waals surface area (Å²) in [7, 11) is 0. The van der Waals surface area contributed by atoms with Crippen LogP contribution < -0.4 is 5.56 Å². The first kappa shape index (κ1) is 22.1. The maximum atomic E-state index is 13.0. The van der Waals surface area contributed by atoms with Gasteiger partial charge in [-0.3, -0.25) is 24.5 Å². The number of aliphatic carboxylic acids is 1. The number of aromatic nitrogens is 2. The van der Waals surface area contributed by atoms with Crippen molar-refractivity contribution in [3.63, 3.8) is 0 Å². The number of Topliss-reactive ketones (excluding diaryl/α,β-unsaturated/α-hetero) is 1. The van der Waals surface area contributed by atoms with Crippen LogP contribution in [0.3, 0.4) is 0 Å². The second-order valence-corrected chi connectivity index (χ2v) is 8.45. The first-order chi connectivity index (χ1) is 14.4. The molecule has 2 aromatic rings. The highest BCUT2D eigenvalue weighted by Gasteiger charge is 2.38. The number of ketones is 1. The Hall–Kier alpha value is -3.56. The van der Waals surface area contributed by atoms with Crippen LogP contribution in [-0.4, -0.2) is 36.7 Å². The number of carbonyl (C=O) groups excluding carboxylic acids is 1. The molecule has 3 rings (SSSR count). The molecule has 1 heterocycles. The molecule has 1 unspecified atom stereocenters. The van der Waals surface area contributed by atoms with E-state index in [0.717, 1.165) is 12.8 Å². The standard InChI is InChI=1S/C21H23N3O7/c1-11(20(28)29)18(26)21(2,3)10-15-17(25)16(22-23(19(15)27)13-7-8-13)12-5-4-6-14(9-12)24(30)31/h4-6,9,11,13,25H,7-8,10H2,1-3H3,(H,28,29). The Labute approximate surface area is 177 Å². The fourth-order valence-electron chi connectivity index (χ4n) is 3.50. The Balaban J connectivity index is 2.14. The van der Waals surface area contributed by atoms with Crippen molar-refractivity contribution in [1.29, 1.82) is 0 Å². The SMILES string of the molecule is CC(C(=O)O)C(=O)C(C)(C)Cc1c(O)c(-c2cccc([N+](=O)[O-])c2)nn(C2CC2)c1=O. The maximum absolute atomic E-state index is 13.0. The highest BCUT2D eigenvalue weighted by Crippen LogP contribution is 2.38. The Kier molecular flexibility index (Phi) is 5.66. The van der Waals surface area contributed by atoms with Crippen LogP contribution >= 0.6 is 0 Å². The summed E-state index contributed by atoms with van der Waals surface area (Å²) in [4.78, 5) is 47.5. The fourth-order valence-corrected chi connectivity index (χ4v) is 3.50. The van der Waals surface area contributed by atoms with Gasteiger partial charge < -0.3 is 10.2 Å². The van der Waals surface area contributed by atoms with Crippen molar-refractivity contribution in [1.82, 2.24) is 9.78 Å². The molecule has 1 atom stereocenters. The van der Waals surface area contributed by atoms with E-state index in [9.17, 15) is 34.7 Å². The van der Waals surface area contributed by atoms with Crippen molar-refractivity contribution >= 4 is 17.4 Å². The molecule has 0 bridgehead atoms. The monoisotopic (exact) mass is 429 g/mol. The van der Waals surface area contributed by atoms with E-state index in [1.54, 1.807) is 0 Å². The van der Waals surface area contributed by atoms with Gasteiger partial charge in [0.15, 0.2) is 11.5 Å². The molecule has 0 amide bonds. The average Bonchev–Trinajstić information content (AvgIpc) is 3.55. The topological polar surface area (TPSA) is 153 Å². The summed E-state index contributed by atoms with van der Waals surface area (Å²) in [6.07, 6.45) is 1.25. The number of carboxylic acids is 1. The molecule has 1 aromatic heterocycles. The Morgan fingerprint density at radius 2 is 2.00 bits per heavy atom. The zero-order valence-corrected chi connectivity index (χ0v) is 17.4. The minimum Gasteiger partial charge on any atom is -0.505 e. The summed E-state index contributed by atoms with van der Waals surface area (Å²) in [6, 6.07) is 5.37. The predicted molar refractivity (Wildman–Crippen MR) is 110 cm³/mol. The van der Waals surface area contributed by atoms with Gasteiger partial charge in [-0.05, 0) is 26.2 Å². The average molecular weight is 429 g/mol. The lowest BCUT2D eigenvalue weighted by Gasteiger charge is -2.26. The van der Waals surface area contributed by atoms with E-state index in [1.165, 1.54) is 49.7 Å². The molecule has 0 radical (unpaired) electrons. The Bertz CT molecular complexity index is 1130. The predicted octanol–water partition coefficient (Wildman–Crippen LogP) is 2.72. The van der Waals surface area contributed by atoms with Crippen LogP contribution in [0.2, 0.25) is 0 Å². The highest BCUT2D eigenvalue weighted by molar-refractivity contribution is 6.00. The molecule has 10 nitrogen and oxygen atoms in total. The Morgan fingerprint density at radius 3 is 2.55 bits per heavy atom. The maximum Gasteiger partial charge on any atom is 0.313 e. The molecule has 0 saturated heterocycles. The number of nitro benzene ring substituents is 1. The van der Waals surface area contributed by atoms with Gasteiger partial charge >= 0.3 is 5.97 Å². The number of benzene rings is 1. The van der Waals surface area contributed by atoms with Crippen LogP contribution in [0, 0.1) is 21.4 Å². The van der Waals surface area contributed by atoms with Gasteiger partial charge in [-0.15, -0.1) is 0 Å². The van der Waals surface area contributed by atoms with Gasteiger partial charge in [-0.2, -0.15) is 5.10 Å². The smallest absolute Gasteiger partial charge is 0.313 e. The van der Waals surface area contributed by atoms with E-state index >= 15 is 0 Å². The van der Waals surface area contributed by atoms with E-state index in [1.807, 2.05) is 0 Å². The number of aromatic hydroxyl groups is 1. The number of nitro groups is 1. The van der Waals surface area contributed by atoms with Gasteiger partial charge in [0.05, 0.1) is 16.5 Å². The number of hydrogen-bond acceptors (Lipinski definition) is 7. The normalized spacial score (nSPS) is 14.8. The fraction of sp³-hybridized carbons (Fsp3) is 0.429. The summed E-state index contributed by atoms with van der Waals surface area (Å²) in [5, 5.41) is 35.5. The first-order valence-corrected chi connectivity index (χ1v) is 9.80. The number of hydrogen-bond donors (Lipinski definition) is 2. The van der Waals surface area contributed by atoms with Crippen LogP contribution in [0.5, 0.6) is 5.75 Å². The second-order valence-electron chi connectivity index (χ2n) is 8.45. The lowest BCUT2D eigenvalue weighted by Crippen LogP contribution is -2.37. The van der Waals surface area contributed by atoms with Crippen molar-refractivity contribution in [3.8, 4) is 17.0 Å². The summed E-state index contributed by atoms with van der Waals surface area (Å²) in [6.45, 7) is 4.31. The molecule has 1 aliphatic rings. The third kappa shape index (κ3) is 4.32. The van der Waals surface area contributed by atoms with Crippen molar-refractivity contribution in [3.05, 3.63) is 50.3 Å². The first-order valence-electron chi connectivity index (χ1n) is 9.80. The largest absolute Gasteiger partial charge is 0.505 e. The zero-order chi connectivity index (χ0) is 23.1. The van der Waals surface area contributed by atoms with E-state index in [-0.39, 0.29) is 35.0 Å². The van der Waals surface area contributed by atoms with Gasteiger partial charge in [0, 0.05) is 23.1 Å². The highest BCUT2D eigenvalue weighted by atomic mass is 16.6. The summed E-state index contributed by atoms with van der Waals surface area (Å²) < 4.78 is 1.24. The minimum atomic E-state index is -1.28. The molecular weight excluding hydrogens is 406 g/mol. The van der Waals surface area contributed by atoms with Crippen LogP contribution in [0.25, 0.3) is 11.3 Å². The van der Waals surface area contributed by atoms with Crippen molar-refractivity contribution in [2.75, 3.05) is 0 Å². The number of rotatable bonds is 8. The zero-order valence-electron chi connectivity index (χ0n) is 17.4. The van der Waals surface area contributed by atoms with Gasteiger partial charge in [-0.25, -0.2) is 4.68 Å². The van der Waals surface area contributed by atoms with Gasteiger partial charge in [0.25, 0.3) is 11.2 Å². The van der Waals surface area contributed by atoms with E-state index in [4.69, 9.17) is 0 Å². The van der Waals surface area contributed by atoms with E-state index in [0.29, 0.717) is 0 Å². The molecule has 1 aromatic carbocycles. The van der Waals surface area contributed by atoms with Gasteiger partial charge in [-0.1, -0.05) is 26.0 Å². The third-order valence-electron chi connectivity index (χ3n) is 5.46. The lowest BCUT2D eigenvalue weighted by atomic mass is 9.77. The molecule has 0 aliphatic heterocycles. The van der Waals surface area contributed by atoms with Crippen LogP contribution in [-0.2, 0) is 16.0 Å². The molecule has 31 heavy (non-hydrogen) atoms. The molecule has 1 saturated carbocycles. The van der Waals surface area contributed by atoms with Crippen molar-refractivity contribution in [2.24, 2.45) is 11.3 Å². The van der Waals surface area contributed by atoms with E-state index in [2.05, 4.69) is 5.10 Å². The van der Waals surface area contributed by atoms with Crippen molar-refractivity contribution in [2.45, 2.75) is 46.1 Å². The summed E-state index contributed by atoms with van der Waals surface area (Å²) in [5.74, 6) is -3.60. The quantitative estimate of drug-likeness (QED) is 0.369.